The second kappa shape index (κ2) is 11.9. The summed E-state index contributed by atoms with van der Waals surface area (Å²) in [5.41, 5.74) is 3.81. The highest BCUT2D eigenvalue weighted by Gasteiger charge is 2.20. The average Bonchev–Trinajstić information content (AvgIpc) is 3.36. The molecule has 38 heavy (non-hydrogen) atoms. The van der Waals surface area contributed by atoms with E-state index in [1.165, 1.54) is 4.90 Å². The van der Waals surface area contributed by atoms with E-state index in [0.717, 1.165) is 16.8 Å². The van der Waals surface area contributed by atoms with Gasteiger partial charge in [0.1, 0.15) is 18.0 Å². The first-order valence-corrected chi connectivity index (χ1v) is 12.1. The van der Waals surface area contributed by atoms with Crippen molar-refractivity contribution in [3.8, 4) is 28.4 Å². The fraction of sp³-hybridized carbons (Fsp3) is 0.167. The van der Waals surface area contributed by atoms with Gasteiger partial charge in [0.2, 0.25) is 11.9 Å². The minimum Gasteiger partial charge on any atom is -0.497 e. The first-order chi connectivity index (χ1) is 18.4. The summed E-state index contributed by atoms with van der Waals surface area (Å²) in [6.45, 7) is 5.75. The maximum absolute atomic E-state index is 13.2. The minimum absolute atomic E-state index is 0.164. The molecule has 0 aliphatic carbocycles. The Hall–Kier alpha value is -4.85. The number of hydrogen-bond donors (Lipinski definition) is 1. The van der Waals surface area contributed by atoms with Crippen LogP contribution in [0.15, 0.2) is 91.6 Å². The van der Waals surface area contributed by atoms with Crippen LogP contribution in [-0.4, -0.2) is 53.6 Å². The lowest BCUT2D eigenvalue weighted by Gasteiger charge is -2.21. The first-order valence-electron chi connectivity index (χ1n) is 12.1. The maximum atomic E-state index is 13.2. The van der Waals surface area contributed by atoms with Crippen molar-refractivity contribution in [3.05, 3.63) is 103 Å². The van der Waals surface area contributed by atoms with Crippen LogP contribution >= 0.6 is 0 Å². The molecule has 4 rings (SSSR count). The van der Waals surface area contributed by atoms with Gasteiger partial charge in [0.05, 0.1) is 19.9 Å². The zero-order chi connectivity index (χ0) is 27.1. The molecule has 0 radical (unpaired) electrons. The van der Waals surface area contributed by atoms with Crippen molar-refractivity contribution in [2.45, 2.75) is 6.92 Å². The summed E-state index contributed by atoms with van der Waals surface area (Å²) in [7, 11) is 3.21. The number of nitrogens with zero attached hydrogens (tertiary/aromatic N) is 3. The predicted molar refractivity (Wildman–Crippen MR) is 148 cm³/mol. The summed E-state index contributed by atoms with van der Waals surface area (Å²) in [6, 6.07) is 22.2. The molecule has 194 valence electrons. The van der Waals surface area contributed by atoms with Gasteiger partial charge in [-0.3, -0.25) is 19.5 Å². The number of imidazole rings is 1. The number of rotatable bonds is 10. The number of carbonyl (C=O) groups excluding carboxylic acids is 2. The molecule has 0 aliphatic rings. The number of aryl methyl sites for hydroxylation is 1. The molecule has 1 heterocycles. The van der Waals surface area contributed by atoms with Crippen molar-refractivity contribution < 1.29 is 19.1 Å². The molecule has 0 bridgehead atoms. The predicted octanol–water partition coefficient (Wildman–Crippen LogP) is 5.13. The summed E-state index contributed by atoms with van der Waals surface area (Å²) >= 11 is 0. The SMILES string of the molecule is C=CCN(CC(=O)Nc1nc(-c2cccc(OC)c2)cn1-c1ccc(OC)cc1)C(=O)c1ccc(C)cc1. The lowest BCUT2D eigenvalue weighted by Crippen LogP contribution is -2.38. The molecular formula is C30H30N4O4. The molecular weight excluding hydrogens is 480 g/mol. The zero-order valence-corrected chi connectivity index (χ0v) is 21.7. The van der Waals surface area contributed by atoms with Gasteiger partial charge < -0.3 is 14.4 Å². The molecule has 1 aromatic heterocycles. The van der Waals surface area contributed by atoms with Gasteiger partial charge in [-0.15, -0.1) is 6.58 Å². The first kappa shape index (κ1) is 26.2. The number of methoxy groups -OCH3 is 2. The summed E-state index contributed by atoms with van der Waals surface area (Å²) in [5.74, 6) is 1.09. The van der Waals surface area contributed by atoms with E-state index in [4.69, 9.17) is 14.5 Å². The highest BCUT2D eigenvalue weighted by molar-refractivity contribution is 5.99. The van der Waals surface area contributed by atoms with E-state index in [1.807, 2.05) is 73.8 Å². The molecule has 0 unspecified atom stereocenters. The maximum Gasteiger partial charge on any atom is 0.254 e. The second-order valence-corrected chi connectivity index (χ2v) is 8.64. The van der Waals surface area contributed by atoms with Gasteiger partial charge in [0.25, 0.3) is 5.91 Å². The third-order valence-corrected chi connectivity index (χ3v) is 5.94. The molecule has 0 atom stereocenters. The molecule has 0 fully saturated rings. The molecule has 0 saturated heterocycles. The van der Waals surface area contributed by atoms with Crippen LogP contribution in [0.4, 0.5) is 5.95 Å². The Morgan fingerprint density at radius 2 is 1.71 bits per heavy atom. The number of ether oxygens (including phenoxy) is 2. The fourth-order valence-electron chi connectivity index (χ4n) is 3.92. The Kier molecular flexibility index (Phi) is 8.23. The smallest absolute Gasteiger partial charge is 0.254 e. The monoisotopic (exact) mass is 510 g/mol. The van der Waals surface area contributed by atoms with Crippen LogP contribution in [0.1, 0.15) is 15.9 Å². The quantitative estimate of drug-likeness (QED) is 0.299. The number of carbonyl (C=O) groups is 2. The van der Waals surface area contributed by atoms with Crippen LogP contribution in [-0.2, 0) is 4.79 Å². The van der Waals surface area contributed by atoms with Gasteiger partial charge in [-0.2, -0.15) is 0 Å². The van der Waals surface area contributed by atoms with Crippen LogP contribution in [0, 0.1) is 6.92 Å². The third-order valence-electron chi connectivity index (χ3n) is 5.94. The van der Waals surface area contributed by atoms with Crippen molar-refractivity contribution in [2.75, 3.05) is 32.6 Å². The van der Waals surface area contributed by atoms with Crippen LogP contribution in [0.3, 0.4) is 0 Å². The second-order valence-electron chi connectivity index (χ2n) is 8.64. The van der Waals surface area contributed by atoms with Gasteiger partial charge in [0, 0.05) is 29.6 Å². The van der Waals surface area contributed by atoms with Crippen LogP contribution < -0.4 is 14.8 Å². The lowest BCUT2D eigenvalue weighted by molar-refractivity contribution is -0.116. The Morgan fingerprint density at radius 1 is 1.00 bits per heavy atom. The van der Waals surface area contributed by atoms with E-state index >= 15 is 0 Å². The van der Waals surface area contributed by atoms with Crippen molar-refractivity contribution in [2.24, 2.45) is 0 Å². The van der Waals surface area contributed by atoms with Crippen LogP contribution in [0.2, 0.25) is 0 Å². The topological polar surface area (TPSA) is 85.7 Å². The van der Waals surface area contributed by atoms with E-state index in [0.29, 0.717) is 28.7 Å². The van der Waals surface area contributed by atoms with Crippen LogP contribution in [0.25, 0.3) is 16.9 Å². The fourth-order valence-corrected chi connectivity index (χ4v) is 3.92. The number of benzene rings is 3. The standard InChI is InChI=1S/C30H30N4O4/c1-5-17-33(29(36)22-11-9-21(2)10-12-22)20-28(35)32-30-31-27(23-7-6-8-26(18-23)38-4)19-34(30)24-13-15-25(37-3)16-14-24/h5-16,18-19H,1,17,20H2,2-4H3,(H,31,32,35). The van der Waals surface area contributed by atoms with Gasteiger partial charge in [-0.05, 0) is 55.5 Å². The molecule has 2 amide bonds. The third kappa shape index (κ3) is 6.10. The Bertz CT molecular complexity index is 1430. The summed E-state index contributed by atoms with van der Waals surface area (Å²) < 4.78 is 12.4. The van der Waals surface area contributed by atoms with E-state index in [9.17, 15) is 9.59 Å². The largest absolute Gasteiger partial charge is 0.497 e. The minimum atomic E-state index is -0.384. The molecule has 8 heteroatoms. The van der Waals surface area contributed by atoms with Crippen molar-refractivity contribution in [1.82, 2.24) is 14.5 Å². The number of nitrogens with one attached hydrogen (secondary N) is 1. The van der Waals surface area contributed by atoms with Gasteiger partial charge in [0.15, 0.2) is 0 Å². The number of aromatic nitrogens is 2. The molecule has 1 N–H and O–H groups in total. The molecule has 4 aromatic rings. The molecule has 0 aliphatic heterocycles. The Balaban J connectivity index is 1.63. The van der Waals surface area contributed by atoms with E-state index in [1.54, 1.807) is 37.0 Å². The highest BCUT2D eigenvalue weighted by atomic mass is 16.5. The highest BCUT2D eigenvalue weighted by Crippen LogP contribution is 2.27. The van der Waals surface area contributed by atoms with Gasteiger partial charge >= 0.3 is 0 Å². The number of hydrogen-bond acceptors (Lipinski definition) is 5. The normalized spacial score (nSPS) is 10.5. The van der Waals surface area contributed by atoms with Gasteiger partial charge in [-0.1, -0.05) is 35.9 Å². The number of amides is 2. The molecule has 8 nitrogen and oxygen atoms in total. The lowest BCUT2D eigenvalue weighted by atomic mass is 10.1. The molecule has 0 saturated carbocycles. The van der Waals surface area contributed by atoms with Gasteiger partial charge in [-0.25, -0.2) is 4.98 Å². The summed E-state index contributed by atoms with van der Waals surface area (Å²) in [4.78, 5) is 32.4. The Labute approximate surface area is 222 Å². The van der Waals surface area contributed by atoms with Crippen LogP contribution in [0.5, 0.6) is 11.5 Å². The van der Waals surface area contributed by atoms with Crippen molar-refractivity contribution in [1.29, 1.82) is 0 Å². The number of anilines is 1. The average molecular weight is 511 g/mol. The molecule has 3 aromatic carbocycles. The summed E-state index contributed by atoms with van der Waals surface area (Å²) in [5, 5.41) is 2.88. The molecule has 0 spiro atoms. The zero-order valence-electron chi connectivity index (χ0n) is 21.7. The van der Waals surface area contributed by atoms with E-state index in [-0.39, 0.29) is 24.9 Å². The Morgan fingerprint density at radius 3 is 2.37 bits per heavy atom. The van der Waals surface area contributed by atoms with E-state index < -0.39 is 0 Å². The summed E-state index contributed by atoms with van der Waals surface area (Å²) in [6.07, 6.45) is 3.43. The van der Waals surface area contributed by atoms with Crippen molar-refractivity contribution >= 4 is 17.8 Å². The van der Waals surface area contributed by atoms with Crippen molar-refractivity contribution in [3.63, 3.8) is 0 Å². The van der Waals surface area contributed by atoms with E-state index in [2.05, 4.69) is 11.9 Å².